The van der Waals surface area contributed by atoms with Crippen molar-refractivity contribution in [1.29, 1.82) is 0 Å². The van der Waals surface area contributed by atoms with Crippen LogP contribution < -0.4 is 11.1 Å². The lowest BCUT2D eigenvalue weighted by Crippen LogP contribution is -2.50. The van der Waals surface area contributed by atoms with E-state index in [1.165, 1.54) is 0 Å². The van der Waals surface area contributed by atoms with Crippen LogP contribution in [0.5, 0.6) is 0 Å². The molecule has 5 heteroatoms. The highest BCUT2D eigenvalue weighted by Gasteiger charge is 2.17. The summed E-state index contributed by atoms with van der Waals surface area (Å²) in [6, 6.07) is -0.226. The number of carbonyl (C=O) groups excluding carboxylic acids is 1. The third kappa shape index (κ3) is 5.48. The molecule has 1 unspecified atom stereocenters. The molecule has 17 heavy (non-hydrogen) atoms. The molecule has 2 atom stereocenters. The number of hydrogen-bond acceptors (Lipinski definition) is 4. The van der Waals surface area contributed by atoms with E-state index in [4.69, 9.17) is 10.5 Å². The van der Waals surface area contributed by atoms with Crippen molar-refractivity contribution in [3.05, 3.63) is 0 Å². The summed E-state index contributed by atoms with van der Waals surface area (Å²) in [5.74, 6) is -0.0346. The summed E-state index contributed by atoms with van der Waals surface area (Å²) >= 11 is 0. The van der Waals surface area contributed by atoms with E-state index >= 15 is 0 Å². The van der Waals surface area contributed by atoms with Gasteiger partial charge in [0.05, 0.1) is 19.3 Å². The molecular formula is C12H25N3O2. The van der Waals surface area contributed by atoms with Crippen LogP contribution in [0.3, 0.4) is 0 Å². The Bertz CT molecular complexity index is 230. The molecule has 0 radical (unpaired) electrons. The first-order chi connectivity index (χ1) is 8.13. The second kappa shape index (κ2) is 7.63. The standard InChI is InChI=1S/C12H25N3O2/c1-3-4-11(13)12(16)14-10(2)9-15-5-7-17-8-6-15/h10-11H,3-9,13H2,1-2H3,(H,14,16)/t10?,11-/m1/s1. The summed E-state index contributed by atoms with van der Waals surface area (Å²) in [5.41, 5.74) is 5.76. The van der Waals surface area contributed by atoms with E-state index in [-0.39, 0.29) is 18.0 Å². The van der Waals surface area contributed by atoms with Gasteiger partial charge in [0, 0.05) is 25.7 Å². The molecule has 1 aliphatic heterocycles. The molecular weight excluding hydrogens is 218 g/mol. The number of hydrogen-bond donors (Lipinski definition) is 2. The van der Waals surface area contributed by atoms with E-state index in [9.17, 15) is 4.79 Å². The number of ether oxygens (including phenoxy) is 1. The summed E-state index contributed by atoms with van der Waals surface area (Å²) in [5, 5.41) is 2.97. The van der Waals surface area contributed by atoms with Gasteiger partial charge in [-0.25, -0.2) is 0 Å². The zero-order chi connectivity index (χ0) is 12.7. The zero-order valence-electron chi connectivity index (χ0n) is 10.9. The first-order valence-electron chi connectivity index (χ1n) is 6.49. The van der Waals surface area contributed by atoms with Gasteiger partial charge < -0.3 is 15.8 Å². The maximum absolute atomic E-state index is 11.7. The van der Waals surface area contributed by atoms with E-state index in [0.717, 1.165) is 45.7 Å². The Morgan fingerprint density at radius 2 is 2.12 bits per heavy atom. The lowest BCUT2D eigenvalue weighted by molar-refractivity contribution is -0.123. The number of morpholine rings is 1. The third-order valence-electron chi connectivity index (χ3n) is 2.96. The van der Waals surface area contributed by atoms with Gasteiger partial charge >= 0.3 is 0 Å². The van der Waals surface area contributed by atoms with Crippen molar-refractivity contribution in [3.63, 3.8) is 0 Å². The molecule has 0 bridgehead atoms. The highest BCUT2D eigenvalue weighted by Crippen LogP contribution is 1.99. The van der Waals surface area contributed by atoms with Crippen molar-refractivity contribution in [2.75, 3.05) is 32.8 Å². The van der Waals surface area contributed by atoms with Gasteiger partial charge in [0.2, 0.25) is 5.91 Å². The Hall–Kier alpha value is -0.650. The number of nitrogens with zero attached hydrogens (tertiary/aromatic N) is 1. The second-order valence-corrected chi connectivity index (χ2v) is 4.72. The average molecular weight is 243 g/mol. The molecule has 1 fully saturated rings. The Labute approximate surface area is 104 Å². The molecule has 0 saturated carbocycles. The van der Waals surface area contributed by atoms with E-state index in [2.05, 4.69) is 10.2 Å². The van der Waals surface area contributed by atoms with Crippen LogP contribution in [0.4, 0.5) is 0 Å². The summed E-state index contributed by atoms with van der Waals surface area (Å²) in [6.45, 7) is 8.39. The van der Waals surface area contributed by atoms with Crippen LogP contribution in [0.2, 0.25) is 0 Å². The van der Waals surface area contributed by atoms with E-state index in [0.29, 0.717) is 0 Å². The fourth-order valence-corrected chi connectivity index (χ4v) is 2.01. The van der Waals surface area contributed by atoms with Crippen molar-refractivity contribution < 1.29 is 9.53 Å². The van der Waals surface area contributed by atoms with E-state index < -0.39 is 0 Å². The fraction of sp³-hybridized carbons (Fsp3) is 0.917. The molecule has 0 aromatic carbocycles. The van der Waals surface area contributed by atoms with Gasteiger partial charge in [-0.15, -0.1) is 0 Å². The molecule has 1 aliphatic rings. The fourth-order valence-electron chi connectivity index (χ4n) is 2.01. The number of carbonyl (C=O) groups is 1. The van der Waals surface area contributed by atoms with Crippen molar-refractivity contribution in [1.82, 2.24) is 10.2 Å². The Morgan fingerprint density at radius 3 is 2.71 bits per heavy atom. The van der Waals surface area contributed by atoms with Gasteiger partial charge in [-0.2, -0.15) is 0 Å². The molecule has 1 amide bonds. The number of nitrogens with two attached hydrogens (primary N) is 1. The molecule has 0 spiro atoms. The highest BCUT2D eigenvalue weighted by atomic mass is 16.5. The van der Waals surface area contributed by atoms with Crippen molar-refractivity contribution >= 4 is 5.91 Å². The molecule has 0 aliphatic carbocycles. The monoisotopic (exact) mass is 243 g/mol. The number of rotatable bonds is 6. The maximum Gasteiger partial charge on any atom is 0.237 e. The van der Waals surface area contributed by atoms with Crippen molar-refractivity contribution in [3.8, 4) is 0 Å². The molecule has 100 valence electrons. The lowest BCUT2D eigenvalue weighted by Gasteiger charge is -2.29. The molecule has 1 saturated heterocycles. The van der Waals surface area contributed by atoms with Crippen LogP contribution in [0.15, 0.2) is 0 Å². The molecule has 1 heterocycles. The summed E-state index contributed by atoms with van der Waals surface area (Å²) in [7, 11) is 0. The van der Waals surface area contributed by atoms with Gasteiger partial charge in [-0.1, -0.05) is 13.3 Å². The first-order valence-corrected chi connectivity index (χ1v) is 6.49. The van der Waals surface area contributed by atoms with Gasteiger partial charge in [0.25, 0.3) is 0 Å². The smallest absolute Gasteiger partial charge is 0.237 e. The Morgan fingerprint density at radius 1 is 1.47 bits per heavy atom. The molecule has 0 aromatic heterocycles. The first kappa shape index (κ1) is 14.4. The SMILES string of the molecule is CCC[C@@H](N)C(=O)NC(C)CN1CCOCC1. The number of nitrogens with one attached hydrogen (secondary N) is 1. The van der Waals surface area contributed by atoms with Gasteiger partial charge in [0.1, 0.15) is 0 Å². The van der Waals surface area contributed by atoms with Gasteiger partial charge in [-0.3, -0.25) is 9.69 Å². The van der Waals surface area contributed by atoms with Crippen LogP contribution >= 0.6 is 0 Å². The predicted molar refractivity (Wildman–Crippen MR) is 67.7 cm³/mol. The summed E-state index contributed by atoms with van der Waals surface area (Å²) in [4.78, 5) is 14.0. The normalized spacial score (nSPS) is 20.9. The van der Waals surface area contributed by atoms with Crippen LogP contribution in [-0.4, -0.2) is 55.7 Å². The predicted octanol–water partition coefficient (Wildman–Crippen LogP) is -0.0493. The minimum atomic E-state index is -0.368. The third-order valence-corrected chi connectivity index (χ3v) is 2.96. The van der Waals surface area contributed by atoms with E-state index in [1.54, 1.807) is 0 Å². The quantitative estimate of drug-likeness (QED) is 0.686. The maximum atomic E-state index is 11.7. The molecule has 3 N–H and O–H groups in total. The zero-order valence-corrected chi connectivity index (χ0v) is 10.9. The minimum absolute atomic E-state index is 0.0346. The summed E-state index contributed by atoms with van der Waals surface area (Å²) in [6.07, 6.45) is 1.68. The van der Waals surface area contributed by atoms with Crippen molar-refractivity contribution in [2.45, 2.75) is 38.8 Å². The van der Waals surface area contributed by atoms with Crippen LogP contribution in [-0.2, 0) is 9.53 Å². The Kier molecular flexibility index (Phi) is 6.47. The highest BCUT2D eigenvalue weighted by molar-refractivity contribution is 5.81. The van der Waals surface area contributed by atoms with Gasteiger partial charge in [-0.05, 0) is 13.3 Å². The second-order valence-electron chi connectivity index (χ2n) is 4.72. The number of amides is 1. The molecule has 0 aromatic rings. The lowest BCUT2D eigenvalue weighted by atomic mass is 10.1. The Balaban J connectivity index is 2.23. The van der Waals surface area contributed by atoms with Crippen LogP contribution in [0, 0.1) is 0 Å². The molecule has 5 nitrogen and oxygen atoms in total. The van der Waals surface area contributed by atoms with E-state index in [1.807, 2.05) is 13.8 Å². The van der Waals surface area contributed by atoms with Crippen molar-refractivity contribution in [2.24, 2.45) is 5.73 Å². The average Bonchev–Trinajstić information content (AvgIpc) is 2.30. The van der Waals surface area contributed by atoms with Gasteiger partial charge in [0.15, 0.2) is 0 Å². The topological polar surface area (TPSA) is 67.6 Å². The largest absolute Gasteiger partial charge is 0.379 e. The molecule has 1 rings (SSSR count). The summed E-state index contributed by atoms with van der Waals surface area (Å²) < 4.78 is 5.28. The van der Waals surface area contributed by atoms with Crippen LogP contribution in [0.25, 0.3) is 0 Å². The van der Waals surface area contributed by atoms with Crippen LogP contribution in [0.1, 0.15) is 26.7 Å². The minimum Gasteiger partial charge on any atom is -0.379 e.